The third kappa shape index (κ3) is 5.94. The van der Waals surface area contributed by atoms with Crippen LogP contribution >= 0.6 is 0 Å². The lowest BCUT2D eigenvalue weighted by atomic mass is 10.1. The van der Waals surface area contributed by atoms with Crippen molar-refractivity contribution < 1.29 is 22.6 Å². The van der Waals surface area contributed by atoms with E-state index in [1.807, 2.05) is 13.8 Å². The minimum atomic E-state index is -4.68. The molecule has 0 amide bonds. The Kier molecular flexibility index (Phi) is 5.62. The summed E-state index contributed by atoms with van der Waals surface area (Å²) in [6, 6.07) is 5.70. The highest BCUT2D eigenvalue weighted by Gasteiger charge is 2.31. The van der Waals surface area contributed by atoms with Crippen molar-refractivity contribution in [1.29, 1.82) is 0 Å². The van der Waals surface area contributed by atoms with Gasteiger partial charge >= 0.3 is 6.36 Å². The van der Waals surface area contributed by atoms with Crippen molar-refractivity contribution >= 4 is 0 Å². The summed E-state index contributed by atoms with van der Waals surface area (Å²) >= 11 is 0. The summed E-state index contributed by atoms with van der Waals surface area (Å²) in [5, 5.41) is 3.00. The van der Waals surface area contributed by atoms with Gasteiger partial charge in [0.05, 0.1) is 18.8 Å². The fraction of sp³-hybridized carbons (Fsp3) is 0.538. The molecule has 1 atom stereocenters. The lowest BCUT2D eigenvalue weighted by Gasteiger charge is -2.19. The minimum Gasteiger partial charge on any atom is -0.406 e. The van der Waals surface area contributed by atoms with E-state index < -0.39 is 6.36 Å². The maximum absolute atomic E-state index is 12.1. The Balaban J connectivity index is 2.78. The molecule has 0 heterocycles. The molecule has 0 bridgehead atoms. The standard InChI is InChI=1S/C13H18F3NO2/c1-9(2)18-8-12(17-3)10-5-4-6-11(7-10)19-13(14,15)16/h4-7,9,12,17H,8H2,1-3H3. The molecule has 1 aromatic carbocycles. The molecule has 0 fully saturated rings. The normalized spacial score (nSPS) is 13.6. The first-order valence-electron chi connectivity index (χ1n) is 5.96. The molecule has 1 aromatic rings. The van der Waals surface area contributed by atoms with Crippen LogP contribution in [-0.4, -0.2) is 26.1 Å². The van der Waals surface area contributed by atoms with E-state index >= 15 is 0 Å². The number of likely N-dealkylation sites (N-methyl/N-ethyl adjacent to an activating group) is 1. The Labute approximate surface area is 110 Å². The molecule has 0 aromatic heterocycles. The summed E-state index contributed by atoms with van der Waals surface area (Å²) in [4.78, 5) is 0. The minimum absolute atomic E-state index is 0.0606. The lowest BCUT2D eigenvalue weighted by Crippen LogP contribution is -2.24. The molecular weight excluding hydrogens is 259 g/mol. The van der Waals surface area contributed by atoms with Crippen LogP contribution in [0, 0.1) is 0 Å². The predicted octanol–water partition coefficient (Wildman–Crippen LogP) is 3.27. The fourth-order valence-electron chi connectivity index (χ4n) is 1.56. The summed E-state index contributed by atoms with van der Waals surface area (Å²) < 4.78 is 45.8. The highest BCUT2D eigenvalue weighted by Crippen LogP contribution is 2.25. The molecule has 6 heteroatoms. The Morgan fingerprint density at radius 2 is 1.95 bits per heavy atom. The van der Waals surface area contributed by atoms with Crippen LogP contribution in [0.4, 0.5) is 13.2 Å². The molecule has 0 saturated carbocycles. The zero-order chi connectivity index (χ0) is 14.5. The van der Waals surface area contributed by atoms with Gasteiger partial charge in [-0.1, -0.05) is 12.1 Å². The average Bonchev–Trinajstić information content (AvgIpc) is 2.27. The molecule has 0 aliphatic heterocycles. The van der Waals surface area contributed by atoms with Crippen molar-refractivity contribution in [3.8, 4) is 5.75 Å². The van der Waals surface area contributed by atoms with Crippen molar-refractivity contribution in [2.75, 3.05) is 13.7 Å². The summed E-state index contributed by atoms with van der Waals surface area (Å²) in [6.07, 6.45) is -4.62. The topological polar surface area (TPSA) is 30.5 Å². The van der Waals surface area contributed by atoms with Crippen molar-refractivity contribution in [2.24, 2.45) is 0 Å². The first kappa shape index (κ1) is 15.8. The molecular formula is C13H18F3NO2. The van der Waals surface area contributed by atoms with Gasteiger partial charge in [-0.3, -0.25) is 0 Å². The molecule has 0 saturated heterocycles. The fourth-order valence-corrected chi connectivity index (χ4v) is 1.56. The molecule has 0 aliphatic carbocycles. The zero-order valence-electron chi connectivity index (χ0n) is 11.1. The number of nitrogens with one attached hydrogen (secondary N) is 1. The average molecular weight is 277 g/mol. The Hall–Kier alpha value is -1.27. The van der Waals surface area contributed by atoms with Crippen LogP contribution in [0.5, 0.6) is 5.75 Å². The van der Waals surface area contributed by atoms with Crippen molar-refractivity contribution in [3.63, 3.8) is 0 Å². The lowest BCUT2D eigenvalue weighted by molar-refractivity contribution is -0.274. The molecule has 1 unspecified atom stereocenters. The first-order valence-corrected chi connectivity index (χ1v) is 5.96. The highest BCUT2D eigenvalue weighted by molar-refractivity contribution is 5.30. The number of ether oxygens (including phenoxy) is 2. The molecule has 0 aliphatic rings. The van der Waals surface area contributed by atoms with E-state index in [4.69, 9.17) is 4.74 Å². The molecule has 0 spiro atoms. The molecule has 108 valence electrons. The van der Waals surface area contributed by atoms with Gasteiger partial charge in [-0.05, 0) is 38.6 Å². The van der Waals surface area contributed by atoms with Crippen LogP contribution in [0.25, 0.3) is 0 Å². The van der Waals surface area contributed by atoms with Crippen LogP contribution in [0.3, 0.4) is 0 Å². The number of hydrogen-bond donors (Lipinski definition) is 1. The molecule has 0 radical (unpaired) electrons. The third-order valence-corrected chi connectivity index (χ3v) is 2.44. The zero-order valence-corrected chi connectivity index (χ0v) is 11.1. The largest absolute Gasteiger partial charge is 0.573 e. The second-order valence-electron chi connectivity index (χ2n) is 4.34. The molecule has 1 rings (SSSR count). The number of benzene rings is 1. The second kappa shape index (κ2) is 6.77. The Morgan fingerprint density at radius 3 is 2.47 bits per heavy atom. The van der Waals surface area contributed by atoms with Gasteiger partial charge in [-0.2, -0.15) is 0 Å². The van der Waals surface area contributed by atoms with E-state index in [0.717, 1.165) is 0 Å². The summed E-state index contributed by atoms with van der Waals surface area (Å²) in [5.74, 6) is -0.227. The van der Waals surface area contributed by atoms with E-state index in [1.54, 1.807) is 13.1 Å². The summed E-state index contributed by atoms with van der Waals surface area (Å²) in [6.45, 7) is 4.18. The van der Waals surface area contributed by atoms with E-state index in [0.29, 0.717) is 12.2 Å². The van der Waals surface area contributed by atoms with E-state index in [1.165, 1.54) is 18.2 Å². The van der Waals surface area contributed by atoms with Gasteiger partial charge in [0.25, 0.3) is 0 Å². The number of halogens is 3. The van der Waals surface area contributed by atoms with Crippen LogP contribution in [-0.2, 0) is 4.74 Å². The summed E-state index contributed by atoms with van der Waals surface area (Å²) in [7, 11) is 1.73. The van der Waals surface area contributed by atoms with Crippen LogP contribution in [0.15, 0.2) is 24.3 Å². The molecule has 3 nitrogen and oxygen atoms in total. The van der Waals surface area contributed by atoms with Gasteiger partial charge in [0.1, 0.15) is 5.75 Å². The second-order valence-corrected chi connectivity index (χ2v) is 4.34. The van der Waals surface area contributed by atoms with Gasteiger partial charge in [0.15, 0.2) is 0 Å². The van der Waals surface area contributed by atoms with Gasteiger partial charge in [0, 0.05) is 0 Å². The van der Waals surface area contributed by atoms with E-state index in [2.05, 4.69) is 10.1 Å². The molecule has 19 heavy (non-hydrogen) atoms. The van der Waals surface area contributed by atoms with Crippen molar-refractivity contribution in [2.45, 2.75) is 32.4 Å². The van der Waals surface area contributed by atoms with Gasteiger partial charge in [0.2, 0.25) is 0 Å². The van der Waals surface area contributed by atoms with Crippen molar-refractivity contribution in [1.82, 2.24) is 5.32 Å². The predicted molar refractivity (Wildman–Crippen MR) is 66.0 cm³/mol. The van der Waals surface area contributed by atoms with Crippen LogP contribution < -0.4 is 10.1 Å². The number of alkyl halides is 3. The van der Waals surface area contributed by atoms with Crippen molar-refractivity contribution in [3.05, 3.63) is 29.8 Å². The van der Waals surface area contributed by atoms with Gasteiger partial charge < -0.3 is 14.8 Å². The quantitative estimate of drug-likeness (QED) is 0.865. The monoisotopic (exact) mass is 277 g/mol. The smallest absolute Gasteiger partial charge is 0.406 e. The van der Waals surface area contributed by atoms with E-state index in [-0.39, 0.29) is 17.9 Å². The Morgan fingerprint density at radius 1 is 1.26 bits per heavy atom. The maximum atomic E-state index is 12.1. The maximum Gasteiger partial charge on any atom is 0.573 e. The van der Waals surface area contributed by atoms with Crippen LogP contribution in [0.2, 0.25) is 0 Å². The number of rotatable bonds is 6. The van der Waals surface area contributed by atoms with Gasteiger partial charge in [-0.25, -0.2) is 0 Å². The summed E-state index contributed by atoms with van der Waals surface area (Å²) in [5.41, 5.74) is 0.685. The third-order valence-electron chi connectivity index (χ3n) is 2.44. The SMILES string of the molecule is CNC(COC(C)C)c1cccc(OC(F)(F)F)c1. The first-order chi connectivity index (χ1) is 8.81. The Bertz CT molecular complexity index is 394. The van der Waals surface area contributed by atoms with Crippen LogP contribution in [0.1, 0.15) is 25.5 Å². The van der Waals surface area contributed by atoms with Gasteiger partial charge in [-0.15, -0.1) is 13.2 Å². The molecule has 1 N–H and O–H groups in total. The highest BCUT2D eigenvalue weighted by atomic mass is 19.4. The van der Waals surface area contributed by atoms with E-state index in [9.17, 15) is 13.2 Å². The number of hydrogen-bond acceptors (Lipinski definition) is 3.